The molecule has 4 aliphatic rings. The molecular formula is C29H35N3O2S. The second-order valence-corrected chi connectivity index (χ2v) is 12.3. The number of hydrogen-bond acceptors (Lipinski definition) is 3. The minimum Gasteiger partial charge on any atom is -0.349 e. The van der Waals surface area contributed by atoms with Crippen molar-refractivity contribution in [2.75, 3.05) is 5.75 Å². The van der Waals surface area contributed by atoms with Crippen LogP contribution >= 0.6 is 11.8 Å². The van der Waals surface area contributed by atoms with E-state index in [0.717, 1.165) is 48.5 Å². The van der Waals surface area contributed by atoms with Crippen LogP contribution in [0.4, 0.5) is 0 Å². The van der Waals surface area contributed by atoms with Crippen molar-refractivity contribution in [3.05, 3.63) is 42.5 Å². The van der Waals surface area contributed by atoms with Crippen LogP contribution in [0.1, 0.15) is 52.4 Å². The van der Waals surface area contributed by atoms with E-state index in [2.05, 4.69) is 64.6 Å². The topological polar surface area (TPSA) is 63.1 Å². The summed E-state index contributed by atoms with van der Waals surface area (Å²) in [6.45, 7) is 4.60. The average Bonchev–Trinajstić information content (AvgIpc) is 3.13. The normalized spacial score (nSPS) is 27.9. The van der Waals surface area contributed by atoms with Crippen LogP contribution in [0.15, 0.2) is 47.4 Å². The molecule has 2 amide bonds. The molecule has 7 rings (SSSR count). The molecule has 1 heterocycles. The van der Waals surface area contributed by atoms with Gasteiger partial charge in [-0.1, -0.05) is 18.2 Å². The highest BCUT2D eigenvalue weighted by Crippen LogP contribution is 2.55. The van der Waals surface area contributed by atoms with Crippen molar-refractivity contribution in [1.29, 1.82) is 0 Å². The molecule has 1 atom stereocenters. The van der Waals surface area contributed by atoms with Crippen LogP contribution in [0.2, 0.25) is 0 Å². The van der Waals surface area contributed by atoms with Gasteiger partial charge in [0, 0.05) is 51.5 Å². The number of carbonyl (C=O) groups is 2. The number of hydrogen-bond donors (Lipinski definition) is 2. The van der Waals surface area contributed by atoms with Crippen LogP contribution in [0.25, 0.3) is 21.8 Å². The van der Waals surface area contributed by atoms with Gasteiger partial charge in [-0.05, 0) is 87.5 Å². The van der Waals surface area contributed by atoms with Crippen molar-refractivity contribution in [1.82, 2.24) is 15.2 Å². The fourth-order valence-electron chi connectivity index (χ4n) is 7.68. The number of nitrogens with zero attached hydrogens (tertiary/aromatic N) is 1. The summed E-state index contributed by atoms with van der Waals surface area (Å²) in [5, 5.41) is 8.89. The van der Waals surface area contributed by atoms with E-state index in [9.17, 15) is 9.59 Å². The van der Waals surface area contributed by atoms with E-state index in [-0.39, 0.29) is 17.4 Å². The zero-order valence-electron chi connectivity index (χ0n) is 20.7. The van der Waals surface area contributed by atoms with Gasteiger partial charge in [-0.3, -0.25) is 9.59 Å². The molecule has 5 nitrogen and oxygen atoms in total. The Morgan fingerprint density at radius 3 is 2.31 bits per heavy atom. The Kier molecular flexibility index (Phi) is 5.82. The molecule has 4 bridgehead atoms. The third-order valence-electron chi connectivity index (χ3n) is 8.60. The largest absolute Gasteiger partial charge is 0.349 e. The number of carbonyl (C=O) groups excluding carboxylic acids is 2. The monoisotopic (exact) mass is 489 g/mol. The number of aromatic nitrogens is 1. The van der Waals surface area contributed by atoms with E-state index in [0.29, 0.717) is 5.75 Å². The molecule has 0 spiro atoms. The zero-order valence-corrected chi connectivity index (χ0v) is 21.5. The van der Waals surface area contributed by atoms with Crippen molar-refractivity contribution in [3.63, 3.8) is 0 Å². The number of nitrogens with one attached hydrogen (secondary N) is 2. The Hall–Kier alpha value is -2.47. The van der Waals surface area contributed by atoms with Crippen LogP contribution in [-0.2, 0) is 16.1 Å². The molecule has 0 radical (unpaired) electrons. The molecule has 0 aliphatic heterocycles. The Morgan fingerprint density at radius 1 is 1.00 bits per heavy atom. The maximum absolute atomic E-state index is 13.5. The number of rotatable bonds is 7. The van der Waals surface area contributed by atoms with Gasteiger partial charge in [0.2, 0.25) is 11.8 Å². The Balaban J connectivity index is 1.20. The lowest BCUT2D eigenvalue weighted by molar-refractivity contribution is -0.131. The molecule has 35 heavy (non-hydrogen) atoms. The van der Waals surface area contributed by atoms with Crippen LogP contribution < -0.4 is 10.6 Å². The summed E-state index contributed by atoms with van der Waals surface area (Å²) in [6, 6.07) is 14.6. The first-order chi connectivity index (χ1) is 16.9. The maximum atomic E-state index is 13.5. The molecule has 4 saturated carbocycles. The number of fused-ring (bicyclic) bond motifs is 3. The van der Waals surface area contributed by atoms with Crippen LogP contribution in [0.3, 0.4) is 0 Å². The van der Waals surface area contributed by atoms with E-state index in [1.807, 2.05) is 0 Å². The van der Waals surface area contributed by atoms with Crippen LogP contribution in [0, 0.1) is 17.8 Å². The average molecular weight is 490 g/mol. The number of aryl methyl sites for hydroxylation is 1. The standard InChI is InChI=1S/C29H35N3O2S/c1-3-32-26-7-5-4-6-23(26)24-13-22(8-9-27(24)32)35-17-25(30-18(2)33)28(34)31-29-14-19-10-20(15-29)12-21(11-19)16-29/h4-9,13,19-21,25H,3,10-12,14-17H2,1-2H3,(H,30,33)(H,31,34). The lowest BCUT2D eigenvalue weighted by atomic mass is 9.53. The molecule has 6 heteroatoms. The van der Waals surface area contributed by atoms with Gasteiger partial charge in [0.05, 0.1) is 0 Å². The smallest absolute Gasteiger partial charge is 0.243 e. The van der Waals surface area contributed by atoms with Gasteiger partial charge in [0.15, 0.2) is 0 Å². The first kappa shape index (κ1) is 23.0. The fourth-order valence-corrected chi connectivity index (χ4v) is 8.64. The van der Waals surface area contributed by atoms with Gasteiger partial charge < -0.3 is 15.2 Å². The highest BCUT2D eigenvalue weighted by Gasteiger charge is 2.51. The van der Waals surface area contributed by atoms with Crippen LogP contribution in [0.5, 0.6) is 0 Å². The van der Waals surface area contributed by atoms with Gasteiger partial charge >= 0.3 is 0 Å². The maximum Gasteiger partial charge on any atom is 0.243 e. The number of para-hydroxylation sites is 1. The summed E-state index contributed by atoms with van der Waals surface area (Å²) in [5.74, 6) is 2.66. The molecule has 4 aliphatic carbocycles. The highest BCUT2D eigenvalue weighted by molar-refractivity contribution is 7.99. The molecule has 0 saturated heterocycles. The molecule has 2 aromatic carbocycles. The van der Waals surface area contributed by atoms with Crippen molar-refractivity contribution < 1.29 is 9.59 Å². The SMILES string of the molecule is CCn1c2ccccc2c2cc(SCC(NC(C)=O)C(=O)NC34CC5CC(CC(C5)C3)C4)ccc21. The summed E-state index contributed by atoms with van der Waals surface area (Å²) < 4.78 is 2.35. The van der Waals surface area contributed by atoms with Gasteiger partial charge in [-0.25, -0.2) is 0 Å². The lowest BCUT2D eigenvalue weighted by Gasteiger charge is -2.57. The van der Waals surface area contributed by atoms with Gasteiger partial charge in [-0.15, -0.1) is 11.8 Å². The van der Waals surface area contributed by atoms with E-state index in [1.54, 1.807) is 11.8 Å². The third kappa shape index (κ3) is 4.24. The summed E-state index contributed by atoms with van der Waals surface area (Å²) in [4.78, 5) is 26.6. The minimum absolute atomic E-state index is 0.0155. The summed E-state index contributed by atoms with van der Waals surface area (Å²) in [5.41, 5.74) is 2.43. The quantitative estimate of drug-likeness (QED) is 0.431. The van der Waals surface area contributed by atoms with Crippen molar-refractivity contribution >= 4 is 45.4 Å². The second kappa shape index (κ2) is 8.88. The van der Waals surface area contributed by atoms with Crippen molar-refractivity contribution in [2.45, 2.75) is 75.4 Å². The fraction of sp³-hybridized carbons (Fsp3) is 0.517. The van der Waals surface area contributed by atoms with E-state index < -0.39 is 6.04 Å². The molecule has 1 aromatic heterocycles. The molecule has 184 valence electrons. The van der Waals surface area contributed by atoms with Gasteiger partial charge in [0.1, 0.15) is 6.04 Å². The second-order valence-electron chi connectivity index (χ2n) is 11.2. The van der Waals surface area contributed by atoms with E-state index >= 15 is 0 Å². The summed E-state index contributed by atoms with van der Waals surface area (Å²) >= 11 is 1.65. The number of thioether (sulfide) groups is 1. The predicted molar refractivity (Wildman–Crippen MR) is 142 cm³/mol. The van der Waals surface area contributed by atoms with E-state index in [4.69, 9.17) is 0 Å². The number of benzene rings is 2. The molecule has 1 unspecified atom stereocenters. The van der Waals surface area contributed by atoms with Crippen LogP contribution in [-0.4, -0.2) is 33.7 Å². The zero-order chi connectivity index (χ0) is 24.2. The molecule has 2 N–H and O–H groups in total. The lowest BCUT2D eigenvalue weighted by Crippen LogP contribution is -2.63. The first-order valence-corrected chi connectivity index (χ1v) is 14.1. The number of amides is 2. The molecule has 3 aromatic rings. The molecular weight excluding hydrogens is 454 g/mol. The van der Waals surface area contributed by atoms with Crippen molar-refractivity contribution in [2.24, 2.45) is 17.8 Å². The third-order valence-corrected chi connectivity index (χ3v) is 9.68. The Labute approximate surface area is 211 Å². The minimum atomic E-state index is -0.529. The van der Waals surface area contributed by atoms with Gasteiger partial charge in [-0.2, -0.15) is 0 Å². The highest BCUT2D eigenvalue weighted by atomic mass is 32.2. The van der Waals surface area contributed by atoms with Crippen molar-refractivity contribution in [3.8, 4) is 0 Å². The summed E-state index contributed by atoms with van der Waals surface area (Å²) in [7, 11) is 0. The first-order valence-electron chi connectivity index (χ1n) is 13.2. The molecule has 4 fully saturated rings. The summed E-state index contributed by atoms with van der Waals surface area (Å²) in [6.07, 6.45) is 7.37. The predicted octanol–water partition coefficient (Wildman–Crippen LogP) is 5.50. The van der Waals surface area contributed by atoms with Gasteiger partial charge in [0.25, 0.3) is 0 Å². The van der Waals surface area contributed by atoms with E-state index in [1.165, 1.54) is 48.0 Å². The Bertz CT molecular complexity index is 1260. The Morgan fingerprint density at radius 2 is 1.66 bits per heavy atom.